The van der Waals surface area contributed by atoms with Crippen molar-refractivity contribution < 1.29 is 5.11 Å². The molecular weight excluding hydrogens is 174 g/mol. The van der Waals surface area contributed by atoms with E-state index in [4.69, 9.17) is 0 Å². The molecular formula is C12H25NO. The highest BCUT2D eigenvalue weighted by Gasteiger charge is 2.24. The number of aliphatic hydroxyl groups excluding tert-OH is 1. The summed E-state index contributed by atoms with van der Waals surface area (Å²) < 4.78 is 0. The Morgan fingerprint density at radius 1 is 1.29 bits per heavy atom. The van der Waals surface area contributed by atoms with Crippen LogP contribution in [0.15, 0.2) is 11.6 Å². The van der Waals surface area contributed by atoms with Crippen LogP contribution >= 0.6 is 0 Å². The summed E-state index contributed by atoms with van der Waals surface area (Å²) in [5.74, 6) is 0. The lowest BCUT2D eigenvalue weighted by atomic mass is 9.83. The fourth-order valence-electron chi connectivity index (χ4n) is 1.39. The maximum atomic E-state index is 9.33. The lowest BCUT2D eigenvalue weighted by Gasteiger charge is -2.29. The van der Waals surface area contributed by atoms with Crippen LogP contribution in [0.2, 0.25) is 0 Å². The number of allylic oxidation sites excluding steroid dienone is 1. The Morgan fingerprint density at radius 3 is 2.21 bits per heavy atom. The van der Waals surface area contributed by atoms with Crippen molar-refractivity contribution in [3.63, 3.8) is 0 Å². The number of nitrogens with one attached hydrogen (secondary N) is 1. The van der Waals surface area contributed by atoms with Crippen LogP contribution in [-0.4, -0.2) is 24.8 Å². The van der Waals surface area contributed by atoms with Gasteiger partial charge < -0.3 is 10.4 Å². The van der Waals surface area contributed by atoms with Crippen molar-refractivity contribution >= 4 is 0 Å². The van der Waals surface area contributed by atoms with E-state index in [0.29, 0.717) is 0 Å². The Kier molecular flexibility index (Phi) is 6.85. The van der Waals surface area contributed by atoms with Crippen LogP contribution in [0, 0.1) is 5.41 Å². The standard InChI is InChI=1S/C12H25NO/c1-5-12(6-2,10-14)9-13-8-7-11(3)4/h7,13-14H,5-6,8-10H2,1-4H3. The fourth-order valence-corrected chi connectivity index (χ4v) is 1.39. The zero-order valence-corrected chi connectivity index (χ0v) is 10.1. The molecule has 0 saturated carbocycles. The second-order valence-corrected chi connectivity index (χ2v) is 4.28. The Bertz CT molecular complexity index is 159. The van der Waals surface area contributed by atoms with Crippen LogP contribution in [0.3, 0.4) is 0 Å². The number of hydrogen-bond donors (Lipinski definition) is 2. The molecule has 0 aliphatic carbocycles. The molecule has 0 amide bonds. The van der Waals surface area contributed by atoms with Crippen LogP contribution in [0.5, 0.6) is 0 Å². The highest BCUT2D eigenvalue weighted by molar-refractivity contribution is 4.94. The van der Waals surface area contributed by atoms with E-state index in [1.807, 2.05) is 0 Å². The minimum atomic E-state index is 0.0789. The van der Waals surface area contributed by atoms with Gasteiger partial charge in [0.2, 0.25) is 0 Å². The first-order chi connectivity index (χ1) is 6.60. The predicted octanol–water partition coefficient (Wildman–Crippen LogP) is 2.34. The van der Waals surface area contributed by atoms with E-state index in [0.717, 1.165) is 25.9 Å². The van der Waals surface area contributed by atoms with Gasteiger partial charge in [0.15, 0.2) is 0 Å². The molecule has 0 aromatic heterocycles. The summed E-state index contributed by atoms with van der Waals surface area (Å²) in [6.45, 7) is 10.6. The summed E-state index contributed by atoms with van der Waals surface area (Å²) in [4.78, 5) is 0. The summed E-state index contributed by atoms with van der Waals surface area (Å²) in [7, 11) is 0. The van der Waals surface area contributed by atoms with Crippen molar-refractivity contribution in [3.05, 3.63) is 11.6 Å². The van der Waals surface area contributed by atoms with Gasteiger partial charge >= 0.3 is 0 Å². The maximum Gasteiger partial charge on any atom is 0.0499 e. The van der Waals surface area contributed by atoms with E-state index in [-0.39, 0.29) is 12.0 Å². The molecule has 0 aromatic rings. The molecule has 2 nitrogen and oxygen atoms in total. The molecule has 0 rings (SSSR count). The van der Waals surface area contributed by atoms with Crippen LogP contribution < -0.4 is 5.32 Å². The average molecular weight is 199 g/mol. The van der Waals surface area contributed by atoms with Gasteiger partial charge in [-0.1, -0.05) is 25.5 Å². The quantitative estimate of drug-likeness (QED) is 0.487. The van der Waals surface area contributed by atoms with Gasteiger partial charge in [-0.2, -0.15) is 0 Å². The molecule has 0 atom stereocenters. The zero-order chi connectivity index (χ0) is 11.0. The first-order valence-corrected chi connectivity index (χ1v) is 5.55. The van der Waals surface area contributed by atoms with Crippen molar-refractivity contribution in [2.24, 2.45) is 5.41 Å². The number of rotatable bonds is 7. The third kappa shape index (κ3) is 4.77. The van der Waals surface area contributed by atoms with E-state index in [1.54, 1.807) is 0 Å². The van der Waals surface area contributed by atoms with Crippen molar-refractivity contribution in [2.75, 3.05) is 19.7 Å². The number of hydrogen-bond acceptors (Lipinski definition) is 2. The third-order valence-electron chi connectivity index (χ3n) is 2.99. The van der Waals surface area contributed by atoms with Crippen LogP contribution in [0.1, 0.15) is 40.5 Å². The van der Waals surface area contributed by atoms with E-state index in [1.165, 1.54) is 5.57 Å². The van der Waals surface area contributed by atoms with Crippen molar-refractivity contribution in [3.8, 4) is 0 Å². The number of aliphatic hydroxyl groups is 1. The Morgan fingerprint density at radius 2 is 1.86 bits per heavy atom. The molecule has 2 N–H and O–H groups in total. The molecule has 0 aromatic carbocycles. The first kappa shape index (κ1) is 13.7. The van der Waals surface area contributed by atoms with Gasteiger partial charge in [0.05, 0.1) is 0 Å². The summed E-state index contributed by atoms with van der Waals surface area (Å²) in [6, 6.07) is 0. The van der Waals surface area contributed by atoms with Crippen molar-refractivity contribution in [1.29, 1.82) is 0 Å². The molecule has 0 spiro atoms. The SMILES string of the molecule is CCC(CC)(CO)CNCC=C(C)C. The van der Waals surface area contributed by atoms with Gasteiger partial charge in [0, 0.05) is 25.1 Å². The molecule has 0 saturated heterocycles. The smallest absolute Gasteiger partial charge is 0.0499 e. The normalized spacial score (nSPS) is 11.5. The van der Waals surface area contributed by atoms with Gasteiger partial charge in [-0.05, 0) is 26.7 Å². The molecule has 0 heterocycles. The van der Waals surface area contributed by atoms with Crippen LogP contribution in [0.4, 0.5) is 0 Å². The molecule has 0 radical (unpaired) electrons. The van der Waals surface area contributed by atoms with Gasteiger partial charge in [0.25, 0.3) is 0 Å². The molecule has 0 fully saturated rings. The minimum absolute atomic E-state index is 0.0789. The maximum absolute atomic E-state index is 9.33. The minimum Gasteiger partial charge on any atom is -0.396 e. The van der Waals surface area contributed by atoms with E-state index in [2.05, 4.69) is 39.1 Å². The Hall–Kier alpha value is -0.340. The van der Waals surface area contributed by atoms with Gasteiger partial charge in [-0.25, -0.2) is 0 Å². The summed E-state index contributed by atoms with van der Waals surface area (Å²) in [5, 5.41) is 12.7. The molecule has 0 bridgehead atoms. The van der Waals surface area contributed by atoms with Crippen molar-refractivity contribution in [1.82, 2.24) is 5.32 Å². The first-order valence-electron chi connectivity index (χ1n) is 5.55. The summed E-state index contributed by atoms with van der Waals surface area (Å²) >= 11 is 0. The third-order valence-corrected chi connectivity index (χ3v) is 2.99. The van der Waals surface area contributed by atoms with Crippen LogP contribution in [0.25, 0.3) is 0 Å². The Labute approximate surface area is 88.4 Å². The lowest BCUT2D eigenvalue weighted by Crippen LogP contribution is -2.36. The highest BCUT2D eigenvalue weighted by Crippen LogP contribution is 2.24. The molecule has 0 unspecified atom stereocenters. The highest BCUT2D eigenvalue weighted by atomic mass is 16.3. The van der Waals surface area contributed by atoms with E-state index < -0.39 is 0 Å². The van der Waals surface area contributed by atoms with Gasteiger partial charge in [-0.15, -0.1) is 0 Å². The topological polar surface area (TPSA) is 32.3 Å². The van der Waals surface area contributed by atoms with Crippen LogP contribution in [-0.2, 0) is 0 Å². The van der Waals surface area contributed by atoms with Gasteiger partial charge in [-0.3, -0.25) is 0 Å². The fraction of sp³-hybridized carbons (Fsp3) is 0.833. The molecule has 0 aliphatic heterocycles. The monoisotopic (exact) mass is 199 g/mol. The Balaban J connectivity index is 3.89. The average Bonchev–Trinajstić information content (AvgIpc) is 2.19. The lowest BCUT2D eigenvalue weighted by molar-refractivity contribution is 0.114. The van der Waals surface area contributed by atoms with Crippen molar-refractivity contribution in [2.45, 2.75) is 40.5 Å². The predicted molar refractivity (Wildman–Crippen MR) is 62.4 cm³/mol. The molecule has 84 valence electrons. The summed E-state index contributed by atoms with van der Waals surface area (Å²) in [6.07, 6.45) is 4.23. The summed E-state index contributed by atoms with van der Waals surface area (Å²) in [5.41, 5.74) is 1.41. The zero-order valence-electron chi connectivity index (χ0n) is 10.1. The van der Waals surface area contributed by atoms with Gasteiger partial charge in [0.1, 0.15) is 0 Å². The second kappa shape index (κ2) is 7.02. The molecule has 0 aliphatic rings. The largest absolute Gasteiger partial charge is 0.396 e. The van der Waals surface area contributed by atoms with E-state index in [9.17, 15) is 5.11 Å². The molecule has 2 heteroatoms. The molecule has 14 heavy (non-hydrogen) atoms. The second-order valence-electron chi connectivity index (χ2n) is 4.28. The van der Waals surface area contributed by atoms with E-state index >= 15 is 0 Å².